The van der Waals surface area contributed by atoms with Gasteiger partial charge in [-0.3, -0.25) is 4.79 Å². The molecule has 0 aromatic heterocycles. The van der Waals surface area contributed by atoms with Gasteiger partial charge in [-0.2, -0.15) is 5.10 Å². The standard InChI is InChI=1S/C18H15BrN2O3/c1-3-10-24-17-9-8-14(23-2)11-13(17)12-20-21-18(22)15-6-4-5-7-16(15)19/h1,4-9,11-12H,10H2,2H3,(H,21,22)/b20-12-. The number of terminal acetylenes is 1. The van der Waals surface area contributed by atoms with Crippen molar-refractivity contribution < 1.29 is 14.3 Å². The molecular formula is C18H15BrN2O3. The minimum Gasteiger partial charge on any atom is -0.497 e. The molecule has 0 unspecified atom stereocenters. The van der Waals surface area contributed by atoms with Crippen LogP contribution in [0.1, 0.15) is 15.9 Å². The predicted molar refractivity (Wildman–Crippen MR) is 96.5 cm³/mol. The smallest absolute Gasteiger partial charge is 0.272 e. The Labute approximate surface area is 148 Å². The highest BCUT2D eigenvalue weighted by atomic mass is 79.9. The lowest BCUT2D eigenvalue weighted by Crippen LogP contribution is -2.18. The first kappa shape index (κ1) is 17.6. The quantitative estimate of drug-likeness (QED) is 0.470. The van der Waals surface area contributed by atoms with Crippen molar-refractivity contribution in [1.29, 1.82) is 0 Å². The number of hydrogen-bond donors (Lipinski definition) is 1. The summed E-state index contributed by atoms with van der Waals surface area (Å²) in [5.74, 6) is 3.26. The Morgan fingerprint density at radius 1 is 1.38 bits per heavy atom. The molecule has 0 saturated heterocycles. The van der Waals surface area contributed by atoms with E-state index in [9.17, 15) is 4.79 Å². The fraction of sp³-hybridized carbons (Fsp3) is 0.111. The van der Waals surface area contributed by atoms with Crippen LogP contribution in [0.3, 0.4) is 0 Å². The third-order valence-corrected chi connectivity index (χ3v) is 3.71. The minimum absolute atomic E-state index is 0.135. The molecule has 2 rings (SSSR count). The van der Waals surface area contributed by atoms with Crippen LogP contribution in [0.25, 0.3) is 0 Å². The molecule has 2 aromatic carbocycles. The van der Waals surface area contributed by atoms with Crippen LogP contribution in [-0.4, -0.2) is 25.8 Å². The number of rotatable bonds is 6. The number of carbonyl (C=O) groups is 1. The van der Waals surface area contributed by atoms with E-state index in [1.807, 2.05) is 6.07 Å². The molecule has 0 aliphatic heterocycles. The second kappa shape index (κ2) is 8.75. The number of amides is 1. The van der Waals surface area contributed by atoms with Crippen molar-refractivity contribution in [2.24, 2.45) is 5.10 Å². The first-order chi connectivity index (χ1) is 11.7. The van der Waals surface area contributed by atoms with Crippen molar-refractivity contribution in [2.75, 3.05) is 13.7 Å². The summed E-state index contributed by atoms with van der Waals surface area (Å²) in [5, 5.41) is 3.97. The average Bonchev–Trinajstić information content (AvgIpc) is 2.60. The summed E-state index contributed by atoms with van der Waals surface area (Å²) in [6, 6.07) is 12.3. The number of hydrogen-bond acceptors (Lipinski definition) is 4. The van der Waals surface area contributed by atoms with Crippen LogP contribution in [0, 0.1) is 12.3 Å². The minimum atomic E-state index is -0.326. The summed E-state index contributed by atoms with van der Waals surface area (Å²) in [4.78, 5) is 12.1. The zero-order chi connectivity index (χ0) is 17.4. The molecule has 5 nitrogen and oxygen atoms in total. The van der Waals surface area contributed by atoms with Gasteiger partial charge in [-0.15, -0.1) is 6.42 Å². The number of hydrazone groups is 1. The number of nitrogens with zero attached hydrogens (tertiary/aromatic N) is 1. The third kappa shape index (κ3) is 4.61. The highest BCUT2D eigenvalue weighted by molar-refractivity contribution is 9.10. The maximum atomic E-state index is 12.1. The van der Waals surface area contributed by atoms with Gasteiger partial charge >= 0.3 is 0 Å². The molecule has 6 heteroatoms. The summed E-state index contributed by atoms with van der Waals surface area (Å²) >= 11 is 3.32. The normalized spacial score (nSPS) is 10.2. The van der Waals surface area contributed by atoms with Gasteiger partial charge in [-0.05, 0) is 46.3 Å². The average molecular weight is 387 g/mol. The molecule has 0 radical (unpaired) electrons. The summed E-state index contributed by atoms with van der Waals surface area (Å²) in [5.41, 5.74) is 3.60. The fourth-order valence-electron chi connectivity index (χ4n) is 1.87. The Hall–Kier alpha value is -2.78. The summed E-state index contributed by atoms with van der Waals surface area (Å²) in [7, 11) is 1.56. The van der Waals surface area contributed by atoms with Gasteiger partial charge in [0.25, 0.3) is 5.91 Å². The van der Waals surface area contributed by atoms with Crippen molar-refractivity contribution in [2.45, 2.75) is 0 Å². The van der Waals surface area contributed by atoms with Crippen molar-refractivity contribution in [3.63, 3.8) is 0 Å². The van der Waals surface area contributed by atoms with Gasteiger partial charge in [0.05, 0.1) is 18.9 Å². The first-order valence-corrected chi connectivity index (χ1v) is 7.77. The molecule has 0 heterocycles. The maximum Gasteiger partial charge on any atom is 0.272 e. The highest BCUT2D eigenvalue weighted by Gasteiger charge is 2.08. The van der Waals surface area contributed by atoms with E-state index in [1.54, 1.807) is 43.5 Å². The third-order valence-electron chi connectivity index (χ3n) is 3.02. The monoisotopic (exact) mass is 386 g/mol. The lowest BCUT2D eigenvalue weighted by atomic mass is 10.2. The molecule has 122 valence electrons. The molecular weight excluding hydrogens is 372 g/mol. The van der Waals surface area contributed by atoms with Gasteiger partial charge in [-0.1, -0.05) is 18.1 Å². The van der Waals surface area contributed by atoms with Crippen molar-refractivity contribution in [3.05, 3.63) is 58.1 Å². The van der Waals surface area contributed by atoms with Gasteiger partial charge in [0.2, 0.25) is 0 Å². The van der Waals surface area contributed by atoms with E-state index >= 15 is 0 Å². The molecule has 0 saturated carbocycles. The zero-order valence-corrected chi connectivity index (χ0v) is 14.5. The van der Waals surface area contributed by atoms with Crippen LogP contribution >= 0.6 is 15.9 Å². The molecule has 24 heavy (non-hydrogen) atoms. The van der Waals surface area contributed by atoms with Crippen molar-refractivity contribution in [1.82, 2.24) is 5.43 Å². The predicted octanol–water partition coefficient (Wildman–Crippen LogP) is 3.23. The Morgan fingerprint density at radius 2 is 2.17 bits per heavy atom. The van der Waals surface area contributed by atoms with Crippen LogP contribution in [0.2, 0.25) is 0 Å². The largest absolute Gasteiger partial charge is 0.497 e. The maximum absolute atomic E-state index is 12.1. The molecule has 1 N–H and O–H groups in total. The van der Waals surface area contributed by atoms with Crippen LogP contribution in [-0.2, 0) is 0 Å². The van der Waals surface area contributed by atoms with Crippen LogP contribution in [0.4, 0.5) is 0 Å². The van der Waals surface area contributed by atoms with E-state index in [4.69, 9.17) is 15.9 Å². The molecule has 0 bridgehead atoms. The second-order valence-corrected chi connectivity index (χ2v) is 5.43. The Kier molecular flexibility index (Phi) is 6.41. The van der Waals surface area contributed by atoms with Crippen molar-refractivity contribution in [3.8, 4) is 23.8 Å². The molecule has 0 atom stereocenters. The van der Waals surface area contributed by atoms with E-state index in [0.717, 1.165) is 0 Å². The van der Waals surface area contributed by atoms with Crippen LogP contribution in [0.15, 0.2) is 52.0 Å². The molecule has 2 aromatic rings. The lowest BCUT2D eigenvalue weighted by Gasteiger charge is -2.08. The number of nitrogens with one attached hydrogen (secondary N) is 1. The van der Waals surface area contributed by atoms with Crippen molar-refractivity contribution >= 4 is 28.1 Å². The Balaban J connectivity index is 2.14. The van der Waals surface area contributed by atoms with Gasteiger partial charge in [0.1, 0.15) is 18.1 Å². The number of halogens is 1. The van der Waals surface area contributed by atoms with Crippen LogP contribution < -0.4 is 14.9 Å². The number of methoxy groups -OCH3 is 1. The van der Waals surface area contributed by atoms with Crippen LogP contribution in [0.5, 0.6) is 11.5 Å². The highest BCUT2D eigenvalue weighted by Crippen LogP contribution is 2.22. The van der Waals surface area contributed by atoms with Gasteiger partial charge in [0.15, 0.2) is 0 Å². The second-order valence-electron chi connectivity index (χ2n) is 4.58. The SMILES string of the molecule is C#CCOc1ccc(OC)cc1/C=N\NC(=O)c1ccccc1Br. The van der Waals surface area contributed by atoms with Gasteiger partial charge < -0.3 is 9.47 Å². The van der Waals surface area contributed by atoms with E-state index in [1.165, 1.54) is 6.21 Å². The summed E-state index contributed by atoms with van der Waals surface area (Å²) in [6.07, 6.45) is 6.68. The number of ether oxygens (including phenoxy) is 2. The summed E-state index contributed by atoms with van der Waals surface area (Å²) in [6.45, 7) is 0.135. The number of benzene rings is 2. The molecule has 0 aliphatic rings. The zero-order valence-electron chi connectivity index (χ0n) is 13.0. The molecule has 1 amide bonds. The molecule has 0 spiro atoms. The summed E-state index contributed by atoms with van der Waals surface area (Å²) < 4.78 is 11.3. The fourth-order valence-corrected chi connectivity index (χ4v) is 2.34. The van der Waals surface area contributed by atoms with E-state index in [-0.39, 0.29) is 12.5 Å². The molecule has 0 fully saturated rings. The lowest BCUT2D eigenvalue weighted by molar-refractivity contribution is 0.0954. The van der Waals surface area contributed by atoms with Gasteiger partial charge in [-0.25, -0.2) is 5.43 Å². The Bertz CT molecular complexity index is 797. The molecule has 0 aliphatic carbocycles. The van der Waals surface area contributed by atoms with E-state index in [0.29, 0.717) is 27.1 Å². The van der Waals surface area contributed by atoms with E-state index < -0.39 is 0 Å². The van der Waals surface area contributed by atoms with Gasteiger partial charge in [0, 0.05) is 10.0 Å². The topological polar surface area (TPSA) is 59.9 Å². The number of carbonyl (C=O) groups excluding carboxylic acids is 1. The Morgan fingerprint density at radius 3 is 2.88 bits per heavy atom. The first-order valence-electron chi connectivity index (χ1n) is 6.98. The van der Waals surface area contributed by atoms with E-state index in [2.05, 4.69) is 32.4 Å².